The van der Waals surface area contributed by atoms with E-state index in [0.29, 0.717) is 6.54 Å². The first-order valence-electron chi connectivity index (χ1n) is 12.6. The number of hydrogen-bond donors (Lipinski definition) is 1. The first-order chi connectivity index (χ1) is 18.4. The molecule has 10 heteroatoms. The molecule has 2 amide bonds. The van der Waals surface area contributed by atoms with Crippen LogP contribution in [0.25, 0.3) is 0 Å². The highest BCUT2D eigenvalue weighted by atomic mass is 35.5. The Morgan fingerprint density at radius 3 is 2.18 bits per heavy atom. The number of sulfonamides is 1. The van der Waals surface area contributed by atoms with Gasteiger partial charge in [0, 0.05) is 18.1 Å². The van der Waals surface area contributed by atoms with E-state index >= 15 is 0 Å². The Hall–Kier alpha value is -3.07. The van der Waals surface area contributed by atoms with E-state index < -0.39 is 28.5 Å². The summed E-state index contributed by atoms with van der Waals surface area (Å²) in [7, 11) is -4.24. The molecule has 0 heterocycles. The lowest BCUT2D eigenvalue weighted by atomic mass is 10.1. The number of benzene rings is 3. The summed E-state index contributed by atoms with van der Waals surface area (Å²) in [6, 6.07) is 19.1. The Balaban J connectivity index is 2.04. The van der Waals surface area contributed by atoms with E-state index in [1.54, 1.807) is 19.1 Å². The van der Waals surface area contributed by atoms with Gasteiger partial charge in [0.05, 0.1) is 15.6 Å². The molecule has 0 radical (unpaired) electrons. The molecule has 0 spiro atoms. The second kappa shape index (κ2) is 13.3. The Labute approximate surface area is 240 Å². The summed E-state index contributed by atoms with van der Waals surface area (Å²) in [6.07, 6.45) is 0. The van der Waals surface area contributed by atoms with Crippen molar-refractivity contribution in [3.8, 4) is 0 Å². The molecule has 0 aliphatic rings. The van der Waals surface area contributed by atoms with Gasteiger partial charge in [-0.25, -0.2) is 8.42 Å². The van der Waals surface area contributed by atoms with Crippen LogP contribution in [-0.2, 0) is 26.2 Å². The quantitative estimate of drug-likeness (QED) is 0.311. The summed E-state index contributed by atoms with van der Waals surface area (Å²) in [6.45, 7) is 7.38. The van der Waals surface area contributed by atoms with Gasteiger partial charge >= 0.3 is 0 Å². The highest BCUT2D eigenvalue weighted by molar-refractivity contribution is 7.92. The summed E-state index contributed by atoms with van der Waals surface area (Å²) >= 11 is 12.6. The van der Waals surface area contributed by atoms with E-state index in [2.05, 4.69) is 5.32 Å². The number of nitrogens with zero attached hydrogens (tertiary/aromatic N) is 2. The Bertz CT molecular complexity index is 1400. The topological polar surface area (TPSA) is 86.8 Å². The van der Waals surface area contributed by atoms with Crippen molar-refractivity contribution in [3.05, 3.63) is 94.0 Å². The molecule has 1 N–H and O–H groups in total. The summed E-state index contributed by atoms with van der Waals surface area (Å²) in [5.41, 5.74) is 1.74. The summed E-state index contributed by atoms with van der Waals surface area (Å²) in [4.78, 5) is 28.3. The molecule has 0 bridgehead atoms. The van der Waals surface area contributed by atoms with E-state index in [-0.39, 0.29) is 39.0 Å². The fourth-order valence-corrected chi connectivity index (χ4v) is 5.70. The van der Waals surface area contributed by atoms with E-state index in [1.165, 1.54) is 35.2 Å². The van der Waals surface area contributed by atoms with Crippen LogP contribution in [0, 0.1) is 12.8 Å². The Morgan fingerprint density at radius 1 is 0.923 bits per heavy atom. The molecule has 7 nitrogen and oxygen atoms in total. The molecular formula is C29H33Cl2N3O4S. The fraction of sp³-hybridized carbons (Fsp3) is 0.310. The average Bonchev–Trinajstić information content (AvgIpc) is 2.90. The van der Waals surface area contributed by atoms with E-state index in [4.69, 9.17) is 23.2 Å². The number of rotatable bonds is 11. The predicted molar refractivity (Wildman–Crippen MR) is 156 cm³/mol. The zero-order valence-electron chi connectivity index (χ0n) is 22.4. The van der Waals surface area contributed by atoms with Crippen LogP contribution in [0.5, 0.6) is 0 Å². The molecule has 3 rings (SSSR count). The van der Waals surface area contributed by atoms with Crippen LogP contribution >= 0.6 is 23.2 Å². The number of anilines is 1. The van der Waals surface area contributed by atoms with Crippen LogP contribution in [0.15, 0.2) is 77.7 Å². The Morgan fingerprint density at radius 2 is 1.56 bits per heavy atom. The lowest BCUT2D eigenvalue weighted by molar-refractivity contribution is -0.139. The van der Waals surface area contributed by atoms with Gasteiger partial charge in [-0.1, -0.05) is 85.1 Å². The van der Waals surface area contributed by atoms with Crippen LogP contribution in [0.3, 0.4) is 0 Å². The zero-order chi connectivity index (χ0) is 28.7. The maximum atomic E-state index is 13.9. The van der Waals surface area contributed by atoms with Gasteiger partial charge in [-0.05, 0) is 55.7 Å². The van der Waals surface area contributed by atoms with Gasteiger partial charge < -0.3 is 10.2 Å². The van der Waals surface area contributed by atoms with E-state index in [1.807, 2.05) is 51.1 Å². The normalized spacial score (nSPS) is 12.2. The third kappa shape index (κ3) is 7.97. The second-order valence-corrected chi connectivity index (χ2v) is 12.4. The summed E-state index contributed by atoms with van der Waals surface area (Å²) in [5, 5.41) is 3.23. The summed E-state index contributed by atoms with van der Waals surface area (Å²) in [5.74, 6) is -0.681. The van der Waals surface area contributed by atoms with Gasteiger partial charge in [-0.3, -0.25) is 13.9 Å². The minimum Gasteiger partial charge on any atom is -0.354 e. The number of hydrogen-bond acceptors (Lipinski definition) is 4. The number of aryl methyl sites for hydroxylation is 1. The lowest BCUT2D eigenvalue weighted by Crippen LogP contribution is -2.51. The van der Waals surface area contributed by atoms with Gasteiger partial charge in [-0.15, -0.1) is 0 Å². The van der Waals surface area contributed by atoms with Gasteiger partial charge in [0.25, 0.3) is 10.0 Å². The molecule has 0 fully saturated rings. The molecule has 1 atom stereocenters. The first kappa shape index (κ1) is 30.5. The highest BCUT2D eigenvalue weighted by Crippen LogP contribution is 2.33. The van der Waals surface area contributed by atoms with Gasteiger partial charge in [-0.2, -0.15) is 0 Å². The number of nitrogens with one attached hydrogen (secondary N) is 1. The van der Waals surface area contributed by atoms with Crippen molar-refractivity contribution >= 4 is 50.7 Å². The van der Waals surface area contributed by atoms with E-state index in [0.717, 1.165) is 15.4 Å². The second-order valence-electron chi connectivity index (χ2n) is 9.74. The van der Waals surface area contributed by atoms with Gasteiger partial charge in [0.2, 0.25) is 11.8 Å². The molecule has 0 aliphatic heterocycles. The maximum Gasteiger partial charge on any atom is 0.264 e. The molecule has 3 aromatic rings. The molecule has 0 aliphatic carbocycles. The molecule has 208 valence electrons. The molecule has 0 unspecified atom stereocenters. The van der Waals surface area contributed by atoms with Crippen molar-refractivity contribution in [2.75, 3.05) is 17.4 Å². The molecule has 0 saturated heterocycles. The SMILES string of the molecule is Cc1ccc(S(=O)(=O)N(CC(=O)N(Cc2ccccc2)[C@@H](C)C(=O)NCC(C)C)c2cc(Cl)ccc2Cl)cc1. The van der Waals surface area contributed by atoms with Gasteiger partial charge in [0.15, 0.2) is 0 Å². The number of amides is 2. The van der Waals surface area contributed by atoms with Crippen molar-refractivity contribution in [3.63, 3.8) is 0 Å². The largest absolute Gasteiger partial charge is 0.354 e. The number of carbonyl (C=O) groups excluding carboxylic acids is 2. The zero-order valence-corrected chi connectivity index (χ0v) is 24.7. The molecule has 0 saturated carbocycles. The standard InChI is InChI=1S/C29H33Cl2N3O4S/c1-20(2)17-32-29(36)22(4)33(18-23-8-6-5-7-9-23)28(35)19-34(27-16-24(30)12-15-26(27)31)39(37,38)25-13-10-21(3)11-14-25/h5-16,20,22H,17-19H2,1-4H3,(H,32,36)/t22-/m0/s1. The van der Waals surface area contributed by atoms with Crippen LogP contribution in [-0.4, -0.2) is 44.3 Å². The Kier molecular flexibility index (Phi) is 10.4. The van der Waals surface area contributed by atoms with Crippen LogP contribution in [0.2, 0.25) is 10.0 Å². The monoisotopic (exact) mass is 589 g/mol. The van der Waals surface area contributed by atoms with Crippen molar-refractivity contribution in [1.29, 1.82) is 0 Å². The number of carbonyl (C=O) groups is 2. The third-order valence-electron chi connectivity index (χ3n) is 6.11. The van der Waals surface area contributed by atoms with Crippen molar-refractivity contribution < 1.29 is 18.0 Å². The van der Waals surface area contributed by atoms with Crippen molar-refractivity contribution in [2.45, 2.75) is 45.2 Å². The summed E-state index contributed by atoms with van der Waals surface area (Å²) < 4.78 is 28.7. The smallest absolute Gasteiger partial charge is 0.264 e. The van der Waals surface area contributed by atoms with Crippen LogP contribution < -0.4 is 9.62 Å². The molecule has 39 heavy (non-hydrogen) atoms. The lowest BCUT2D eigenvalue weighted by Gasteiger charge is -2.32. The van der Waals surface area contributed by atoms with Crippen LogP contribution in [0.1, 0.15) is 31.9 Å². The first-order valence-corrected chi connectivity index (χ1v) is 14.7. The van der Waals surface area contributed by atoms with Crippen molar-refractivity contribution in [2.24, 2.45) is 5.92 Å². The fourth-order valence-electron chi connectivity index (χ4n) is 3.84. The highest BCUT2D eigenvalue weighted by Gasteiger charge is 2.33. The third-order valence-corrected chi connectivity index (χ3v) is 8.44. The minimum atomic E-state index is -4.24. The molecular weight excluding hydrogens is 557 g/mol. The minimum absolute atomic E-state index is 0.00530. The molecule has 3 aromatic carbocycles. The van der Waals surface area contributed by atoms with Gasteiger partial charge in [0.1, 0.15) is 12.6 Å². The van der Waals surface area contributed by atoms with Crippen LogP contribution in [0.4, 0.5) is 5.69 Å². The maximum absolute atomic E-state index is 13.9. The predicted octanol–water partition coefficient (Wildman–Crippen LogP) is 5.69. The van der Waals surface area contributed by atoms with E-state index in [9.17, 15) is 18.0 Å². The molecule has 0 aromatic heterocycles. The number of halogens is 2. The average molecular weight is 591 g/mol. The van der Waals surface area contributed by atoms with Crippen molar-refractivity contribution in [1.82, 2.24) is 10.2 Å².